The number of carbonyl (C=O) groups is 1. The maximum Gasteiger partial charge on any atom is 0.251 e. The second-order valence-corrected chi connectivity index (χ2v) is 4.81. The second-order valence-electron chi connectivity index (χ2n) is 4.41. The van der Waals surface area contributed by atoms with Crippen molar-refractivity contribution in [2.45, 2.75) is 19.4 Å². The summed E-state index contributed by atoms with van der Waals surface area (Å²) in [4.78, 5) is 11.7. The smallest absolute Gasteiger partial charge is 0.251 e. The molecular formula is C11H16ClN3O. The van der Waals surface area contributed by atoms with Crippen molar-refractivity contribution < 1.29 is 4.79 Å². The van der Waals surface area contributed by atoms with Gasteiger partial charge in [0, 0.05) is 17.6 Å². The molecule has 0 spiro atoms. The maximum atomic E-state index is 11.7. The minimum Gasteiger partial charge on any atom is -0.398 e. The highest BCUT2D eigenvalue weighted by Crippen LogP contribution is 2.19. The zero-order valence-corrected chi connectivity index (χ0v) is 10.1. The van der Waals surface area contributed by atoms with E-state index in [4.69, 9.17) is 23.1 Å². The number of hydrogen-bond donors (Lipinski definition) is 3. The molecule has 1 aromatic rings. The fraction of sp³-hybridized carbons (Fsp3) is 0.364. The van der Waals surface area contributed by atoms with Crippen LogP contribution in [0.25, 0.3) is 0 Å². The van der Waals surface area contributed by atoms with Crippen molar-refractivity contribution in [1.29, 1.82) is 0 Å². The molecule has 0 atom stereocenters. The van der Waals surface area contributed by atoms with Crippen LogP contribution < -0.4 is 16.8 Å². The first-order valence-corrected chi connectivity index (χ1v) is 5.29. The molecule has 1 amide bonds. The van der Waals surface area contributed by atoms with Gasteiger partial charge in [-0.25, -0.2) is 0 Å². The van der Waals surface area contributed by atoms with Crippen LogP contribution in [0.2, 0.25) is 5.02 Å². The Morgan fingerprint density at radius 2 is 2.12 bits per heavy atom. The van der Waals surface area contributed by atoms with E-state index in [1.165, 1.54) is 6.07 Å². The van der Waals surface area contributed by atoms with Gasteiger partial charge in [0.2, 0.25) is 0 Å². The number of amides is 1. The molecule has 0 heterocycles. The highest BCUT2D eigenvalue weighted by molar-refractivity contribution is 6.33. The Morgan fingerprint density at radius 1 is 1.50 bits per heavy atom. The zero-order valence-electron chi connectivity index (χ0n) is 9.38. The van der Waals surface area contributed by atoms with Gasteiger partial charge in [-0.1, -0.05) is 11.6 Å². The fourth-order valence-corrected chi connectivity index (χ4v) is 1.26. The number of benzene rings is 1. The lowest BCUT2D eigenvalue weighted by Gasteiger charge is -2.18. The van der Waals surface area contributed by atoms with Crippen LogP contribution in [0, 0.1) is 0 Å². The molecule has 5 N–H and O–H groups in total. The first-order chi connectivity index (χ1) is 7.29. The van der Waals surface area contributed by atoms with Gasteiger partial charge in [0.15, 0.2) is 0 Å². The van der Waals surface area contributed by atoms with Crippen LogP contribution in [0.3, 0.4) is 0 Å². The van der Waals surface area contributed by atoms with Gasteiger partial charge < -0.3 is 16.8 Å². The Labute approximate surface area is 100.0 Å². The van der Waals surface area contributed by atoms with Crippen LogP contribution in [0.15, 0.2) is 18.2 Å². The number of hydrogen-bond acceptors (Lipinski definition) is 3. The molecule has 0 saturated carbocycles. The van der Waals surface area contributed by atoms with Crippen molar-refractivity contribution in [3.63, 3.8) is 0 Å². The number of rotatable bonds is 3. The van der Waals surface area contributed by atoms with E-state index >= 15 is 0 Å². The van der Waals surface area contributed by atoms with E-state index in [-0.39, 0.29) is 5.91 Å². The molecule has 0 unspecified atom stereocenters. The van der Waals surface area contributed by atoms with Gasteiger partial charge in [0.1, 0.15) is 0 Å². The second kappa shape index (κ2) is 4.72. The number of halogens is 1. The summed E-state index contributed by atoms with van der Waals surface area (Å²) in [5, 5.41) is 3.10. The first-order valence-electron chi connectivity index (χ1n) is 4.92. The summed E-state index contributed by atoms with van der Waals surface area (Å²) in [6.07, 6.45) is 0. The molecule has 0 aliphatic heterocycles. The molecule has 1 rings (SSSR count). The Bertz CT molecular complexity index is 399. The molecule has 88 valence electrons. The number of anilines is 1. The molecule has 4 nitrogen and oxygen atoms in total. The Hall–Kier alpha value is -1.26. The van der Waals surface area contributed by atoms with Crippen LogP contribution in [0.1, 0.15) is 24.2 Å². The third-order valence-corrected chi connectivity index (χ3v) is 2.29. The molecule has 0 radical (unpaired) electrons. The van der Waals surface area contributed by atoms with E-state index < -0.39 is 5.54 Å². The summed E-state index contributed by atoms with van der Waals surface area (Å²) in [5.41, 5.74) is 11.8. The highest BCUT2D eigenvalue weighted by atomic mass is 35.5. The van der Waals surface area contributed by atoms with Crippen molar-refractivity contribution in [1.82, 2.24) is 5.32 Å². The molecule has 16 heavy (non-hydrogen) atoms. The van der Waals surface area contributed by atoms with E-state index in [0.717, 1.165) is 0 Å². The third kappa shape index (κ3) is 3.72. The molecule has 0 fully saturated rings. The van der Waals surface area contributed by atoms with E-state index in [1.807, 2.05) is 13.8 Å². The average molecular weight is 242 g/mol. The van der Waals surface area contributed by atoms with Crippen LogP contribution in [-0.2, 0) is 0 Å². The quantitative estimate of drug-likeness (QED) is 0.700. The van der Waals surface area contributed by atoms with E-state index in [9.17, 15) is 4.79 Å². The predicted molar refractivity (Wildman–Crippen MR) is 66.5 cm³/mol. The van der Waals surface area contributed by atoms with Gasteiger partial charge in [-0.3, -0.25) is 4.79 Å². The summed E-state index contributed by atoms with van der Waals surface area (Å²) < 4.78 is 0. The standard InChI is InChI=1S/C11H16ClN3O/c1-11(2,14)6-15-10(16)7-3-4-9(13)8(12)5-7/h3-5H,6,13-14H2,1-2H3,(H,15,16). The van der Waals surface area contributed by atoms with Crippen LogP contribution in [-0.4, -0.2) is 18.0 Å². The highest BCUT2D eigenvalue weighted by Gasteiger charge is 2.13. The van der Waals surface area contributed by atoms with Crippen molar-refractivity contribution >= 4 is 23.2 Å². The lowest BCUT2D eigenvalue weighted by molar-refractivity contribution is 0.0946. The lowest BCUT2D eigenvalue weighted by atomic mass is 10.1. The Kier molecular flexibility index (Phi) is 3.78. The average Bonchev–Trinajstić information content (AvgIpc) is 2.17. The number of nitrogen functional groups attached to an aromatic ring is 1. The monoisotopic (exact) mass is 241 g/mol. The van der Waals surface area contributed by atoms with Gasteiger partial charge >= 0.3 is 0 Å². The van der Waals surface area contributed by atoms with E-state index in [2.05, 4.69) is 5.32 Å². The summed E-state index contributed by atoms with van der Waals surface area (Å²) in [6, 6.07) is 4.76. The summed E-state index contributed by atoms with van der Waals surface area (Å²) in [7, 11) is 0. The molecule has 1 aromatic carbocycles. The number of nitrogens with two attached hydrogens (primary N) is 2. The minimum absolute atomic E-state index is 0.208. The number of nitrogens with one attached hydrogen (secondary N) is 1. The van der Waals surface area contributed by atoms with Crippen molar-refractivity contribution in [2.75, 3.05) is 12.3 Å². The van der Waals surface area contributed by atoms with E-state index in [0.29, 0.717) is 22.8 Å². The van der Waals surface area contributed by atoms with E-state index in [1.54, 1.807) is 12.1 Å². The molecule has 0 aromatic heterocycles. The molecule has 0 saturated heterocycles. The van der Waals surface area contributed by atoms with Gasteiger partial charge in [-0.15, -0.1) is 0 Å². The molecule has 5 heteroatoms. The first kappa shape index (κ1) is 12.8. The van der Waals surface area contributed by atoms with Gasteiger partial charge in [0.25, 0.3) is 5.91 Å². The van der Waals surface area contributed by atoms with Crippen molar-refractivity contribution in [3.05, 3.63) is 28.8 Å². The van der Waals surface area contributed by atoms with Gasteiger partial charge in [-0.2, -0.15) is 0 Å². The fourth-order valence-electron chi connectivity index (χ4n) is 1.08. The predicted octanol–water partition coefficient (Wildman–Crippen LogP) is 1.39. The van der Waals surface area contributed by atoms with Gasteiger partial charge in [0.05, 0.1) is 10.7 Å². The van der Waals surface area contributed by atoms with Crippen LogP contribution in [0.5, 0.6) is 0 Å². The molecular weight excluding hydrogens is 226 g/mol. The SMILES string of the molecule is CC(C)(N)CNC(=O)c1ccc(N)c(Cl)c1. The Morgan fingerprint density at radius 3 is 2.62 bits per heavy atom. The minimum atomic E-state index is -0.437. The largest absolute Gasteiger partial charge is 0.398 e. The van der Waals surface area contributed by atoms with Crippen molar-refractivity contribution in [2.24, 2.45) is 5.73 Å². The van der Waals surface area contributed by atoms with Crippen LogP contribution in [0.4, 0.5) is 5.69 Å². The molecule has 0 bridgehead atoms. The van der Waals surface area contributed by atoms with Crippen LogP contribution >= 0.6 is 11.6 Å². The summed E-state index contributed by atoms with van der Waals surface area (Å²) in [6.45, 7) is 4.07. The van der Waals surface area contributed by atoms with Crippen molar-refractivity contribution in [3.8, 4) is 0 Å². The summed E-state index contributed by atoms with van der Waals surface area (Å²) in [5.74, 6) is -0.208. The molecule has 0 aliphatic rings. The Balaban J connectivity index is 2.70. The topological polar surface area (TPSA) is 81.1 Å². The summed E-state index contributed by atoms with van der Waals surface area (Å²) >= 11 is 5.82. The number of carbonyl (C=O) groups excluding carboxylic acids is 1. The third-order valence-electron chi connectivity index (χ3n) is 1.97. The maximum absolute atomic E-state index is 11.7. The van der Waals surface area contributed by atoms with Gasteiger partial charge in [-0.05, 0) is 32.0 Å². The zero-order chi connectivity index (χ0) is 12.3. The molecule has 0 aliphatic carbocycles. The lowest BCUT2D eigenvalue weighted by Crippen LogP contribution is -2.45. The normalized spacial score (nSPS) is 11.2.